The van der Waals surface area contributed by atoms with Crippen LogP contribution in [0.3, 0.4) is 0 Å². The van der Waals surface area contributed by atoms with Crippen LogP contribution in [0.5, 0.6) is 0 Å². The van der Waals surface area contributed by atoms with Crippen molar-refractivity contribution in [2.75, 3.05) is 0 Å². The molecule has 2 aliphatic rings. The van der Waals surface area contributed by atoms with E-state index in [1.807, 2.05) is 22.6 Å². The zero-order chi connectivity index (χ0) is 34.5. The SMILES string of the molecule is O=c1c2ccccc2c2cc(-c3ccc4c5c(cccc35)-c3ccccc3-4)cc3c4cc(-c5ccc6c7c(cccc57)-c5ccccc5-6)ccc4n1c23. The van der Waals surface area contributed by atoms with E-state index in [0.717, 1.165) is 49.1 Å². The van der Waals surface area contributed by atoms with Gasteiger partial charge in [-0.2, -0.15) is 0 Å². The molecule has 11 aromatic rings. The van der Waals surface area contributed by atoms with Crippen LogP contribution < -0.4 is 5.56 Å². The Morgan fingerprint density at radius 1 is 0.302 bits per heavy atom. The highest BCUT2D eigenvalue weighted by Crippen LogP contribution is 2.51. The van der Waals surface area contributed by atoms with Crippen molar-refractivity contribution >= 4 is 59.5 Å². The van der Waals surface area contributed by atoms with E-state index in [1.54, 1.807) is 0 Å². The Bertz CT molecular complexity index is 3470. The summed E-state index contributed by atoms with van der Waals surface area (Å²) in [6.07, 6.45) is 0. The van der Waals surface area contributed by atoms with Crippen LogP contribution >= 0.6 is 0 Å². The summed E-state index contributed by atoms with van der Waals surface area (Å²) < 4.78 is 1.96. The lowest BCUT2D eigenvalue weighted by atomic mass is 9.91. The Kier molecular flexibility index (Phi) is 5.03. The minimum absolute atomic E-state index is 0.0276. The van der Waals surface area contributed by atoms with Crippen LogP contribution in [0.4, 0.5) is 0 Å². The molecule has 2 heteroatoms. The second kappa shape index (κ2) is 9.64. The van der Waals surface area contributed by atoms with Gasteiger partial charge >= 0.3 is 0 Å². The van der Waals surface area contributed by atoms with Gasteiger partial charge in [-0.05, 0) is 124 Å². The normalized spacial score (nSPS) is 12.6. The van der Waals surface area contributed by atoms with Gasteiger partial charge < -0.3 is 0 Å². The summed E-state index contributed by atoms with van der Waals surface area (Å²) in [5.41, 5.74) is 17.0. The van der Waals surface area contributed by atoms with E-state index in [2.05, 4.69) is 146 Å². The van der Waals surface area contributed by atoms with Crippen molar-refractivity contribution in [1.82, 2.24) is 4.40 Å². The van der Waals surface area contributed by atoms with Crippen LogP contribution in [0, 0.1) is 0 Å². The number of nitrogens with zero attached hydrogens (tertiary/aromatic N) is 1. The minimum Gasteiger partial charge on any atom is -0.275 e. The minimum atomic E-state index is 0.0276. The lowest BCUT2D eigenvalue weighted by Gasteiger charge is -2.12. The molecule has 0 spiro atoms. The van der Waals surface area contributed by atoms with E-state index in [4.69, 9.17) is 0 Å². The third-order valence-electron chi connectivity index (χ3n) is 12.2. The van der Waals surface area contributed by atoms with Crippen LogP contribution in [0.1, 0.15) is 0 Å². The number of aromatic nitrogens is 1. The zero-order valence-corrected chi connectivity index (χ0v) is 28.4. The standard InChI is InChI=1S/C51H27NO/c53-51-43-14-6-5-13-36(43)45-26-29(31-21-23-42-35-12-4-2-10-33(35)40-18-8-16-38(31)49(40)42)27-46-44-25-28(19-24-47(44)52(51)50(45)46)30-20-22-41-34-11-3-1-9-32(34)39-17-7-15-37(30)48(39)41/h1-27H. The number of benzene rings is 9. The first-order valence-electron chi connectivity index (χ1n) is 18.3. The average Bonchev–Trinajstić information content (AvgIpc) is 3.85. The number of hydrogen-bond acceptors (Lipinski definition) is 1. The molecule has 0 bridgehead atoms. The fraction of sp³-hybridized carbons (Fsp3) is 0. The Labute approximate surface area is 303 Å². The van der Waals surface area contributed by atoms with Crippen molar-refractivity contribution < 1.29 is 0 Å². The summed E-state index contributed by atoms with van der Waals surface area (Å²) in [7, 11) is 0. The Morgan fingerprint density at radius 3 is 1.34 bits per heavy atom. The second-order valence-corrected chi connectivity index (χ2v) is 14.7. The van der Waals surface area contributed by atoms with Gasteiger partial charge in [0.1, 0.15) is 0 Å². The van der Waals surface area contributed by atoms with Gasteiger partial charge in [0.2, 0.25) is 0 Å². The van der Waals surface area contributed by atoms with Crippen molar-refractivity contribution in [3.63, 3.8) is 0 Å². The molecular formula is C51H27NO. The number of hydrogen-bond donors (Lipinski definition) is 0. The summed E-state index contributed by atoms with van der Waals surface area (Å²) in [6, 6.07) is 59.5. The third kappa shape index (κ3) is 3.37. The number of pyridine rings is 1. The van der Waals surface area contributed by atoms with E-state index in [1.165, 1.54) is 77.2 Å². The molecule has 0 aliphatic heterocycles. The number of fused-ring (bicyclic) bond motifs is 11. The van der Waals surface area contributed by atoms with Crippen molar-refractivity contribution in [3.8, 4) is 66.8 Å². The van der Waals surface area contributed by atoms with Crippen molar-refractivity contribution in [3.05, 3.63) is 174 Å². The van der Waals surface area contributed by atoms with Crippen LogP contribution in [0.2, 0.25) is 0 Å². The Hall–Kier alpha value is -7.03. The maximum Gasteiger partial charge on any atom is 0.263 e. The maximum atomic E-state index is 14.4. The lowest BCUT2D eigenvalue weighted by Crippen LogP contribution is -2.12. The van der Waals surface area contributed by atoms with E-state index in [0.29, 0.717) is 0 Å². The molecule has 242 valence electrons. The lowest BCUT2D eigenvalue weighted by molar-refractivity contribution is 1.21. The molecule has 2 heterocycles. The first kappa shape index (κ1) is 27.7. The first-order chi connectivity index (χ1) is 26.2. The molecule has 0 saturated heterocycles. The monoisotopic (exact) mass is 669 g/mol. The van der Waals surface area contributed by atoms with Gasteiger partial charge in [0.05, 0.1) is 11.0 Å². The summed E-state index contributed by atoms with van der Waals surface area (Å²) in [6.45, 7) is 0. The number of rotatable bonds is 2. The van der Waals surface area contributed by atoms with Crippen LogP contribution in [-0.4, -0.2) is 4.40 Å². The molecule has 0 fully saturated rings. The maximum absolute atomic E-state index is 14.4. The molecule has 0 amide bonds. The molecule has 0 N–H and O–H groups in total. The second-order valence-electron chi connectivity index (χ2n) is 14.7. The van der Waals surface area contributed by atoms with Gasteiger partial charge in [-0.1, -0.05) is 133 Å². The van der Waals surface area contributed by atoms with E-state index in [-0.39, 0.29) is 5.56 Å². The summed E-state index contributed by atoms with van der Waals surface area (Å²) in [5, 5.41) is 10.1. The predicted octanol–water partition coefficient (Wildman–Crippen LogP) is 13.1. The molecule has 0 atom stereocenters. The van der Waals surface area contributed by atoms with Crippen LogP contribution in [-0.2, 0) is 0 Å². The highest BCUT2D eigenvalue weighted by atomic mass is 16.1. The summed E-state index contributed by atoms with van der Waals surface area (Å²) in [5.74, 6) is 0. The molecule has 2 nitrogen and oxygen atoms in total. The van der Waals surface area contributed by atoms with Crippen LogP contribution in [0.15, 0.2) is 169 Å². The third-order valence-corrected chi connectivity index (χ3v) is 12.2. The van der Waals surface area contributed by atoms with Crippen molar-refractivity contribution in [2.45, 2.75) is 0 Å². The Morgan fingerprint density at radius 2 is 0.736 bits per heavy atom. The smallest absolute Gasteiger partial charge is 0.263 e. The molecule has 53 heavy (non-hydrogen) atoms. The predicted molar refractivity (Wildman–Crippen MR) is 222 cm³/mol. The zero-order valence-electron chi connectivity index (χ0n) is 28.4. The Balaban J connectivity index is 1.12. The molecule has 0 unspecified atom stereocenters. The van der Waals surface area contributed by atoms with E-state index in [9.17, 15) is 4.79 Å². The highest BCUT2D eigenvalue weighted by molar-refractivity contribution is 6.25. The van der Waals surface area contributed by atoms with E-state index >= 15 is 0 Å². The average molecular weight is 670 g/mol. The molecular weight excluding hydrogens is 643 g/mol. The molecule has 2 aromatic heterocycles. The molecule has 2 aliphatic carbocycles. The topological polar surface area (TPSA) is 21.5 Å². The van der Waals surface area contributed by atoms with Gasteiger partial charge in [0.15, 0.2) is 0 Å². The molecule has 0 radical (unpaired) electrons. The van der Waals surface area contributed by atoms with Crippen LogP contribution in [0.25, 0.3) is 126 Å². The van der Waals surface area contributed by atoms with Crippen molar-refractivity contribution in [1.29, 1.82) is 0 Å². The van der Waals surface area contributed by atoms with Gasteiger partial charge in [-0.3, -0.25) is 9.20 Å². The highest BCUT2D eigenvalue weighted by Gasteiger charge is 2.25. The summed E-state index contributed by atoms with van der Waals surface area (Å²) in [4.78, 5) is 14.4. The van der Waals surface area contributed by atoms with Gasteiger partial charge in [0, 0.05) is 21.5 Å². The first-order valence-corrected chi connectivity index (χ1v) is 18.3. The fourth-order valence-corrected chi connectivity index (χ4v) is 10.0. The van der Waals surface area contributed by atoms with E-state index < -0.39 is 0 Å². The fourth-order valence-electron chi connectivity index (χ4n) is 10.0. The van der Waals surface area contributed by atoms with Gasteiger partial charge in [0.25, 0.3) is 5.56 Å². The molecule has 13 rings (SSSR count). The largest absolute Gasteiger partial charge is 0.275 e. The molecule has 0 saturated carbocycles. The molecule has 9 aromatic carbocycles. The van der Waals surface area contributed by atoms with Gasteiger partial charge in [-0.25, -0.2) is 0 Å². The van der Waals surface area contributed by atoms with Gasteiger partial charge in [-0.15, -0.1) is 0 Å². The summed E-state index contributed by atoms with van der Waals surface area (Å²) >= 11 is 0. The quantitative estimate of drug-likeness (QED) is 0.168. The van der Waals surface area contributed by atoms with Crippen molar-refractivity contribution in [2.24, 2.45) is 0 Å².